The van der Waals surface area contributed by atoms with Gasteiger partial charge in [-0.2, -0.15) is 0 Å². The van der Waals surface area contributed by atoms with Crippen molar-refractivity contribution in [2.75, 3.05) is 25.4 Å². The van der Waals surface area contributed by atoms with Gasteiger partial charge in [0.25, 0.3) is 0 Å². The number of benzene rings is 2. The zero-order valence-corrected chi connectivity index (χ0v) is 22.9. The normalized spacial score (nSPS) is 16.3. The van der Waals surface area contributed by atoms with Crippen molar-refractivity contribution in [3.05, 3.63) is 59.7 Å². The van der Waals surface area contributed by atoms with Gasteiger partial charge in [-0.1, -0.05) is 30.3 Å². The van der Waals surface area contributed by atoms with Crippen LogP contribution in [0.3, 0.4) is 0 Å². The highest BCUT2D eigenvalue weighted by Crippen LogP contribution is 2.43. The van der Waals surface area contributed by atoms with E-state index in [2.05, 4.69) is 10.0 Å². The minimum atomic E-state index is -3.60. The molecule has 1 atom stereocenters. The highest BCUT2D eigenvalue weighted by molar-refractivity contribution is 7.89. The quantitative estimate of drug-likeness (QED) is 0.272. The first-order chi connectivity index (χ1) is 18.0. The monoisotopic (exact) mass is 546 g/mol. The third-order valence-corrected chi connectivity index (χ3v) is 7.72. The Morgan fingerprint density at radius 2 is 1.82 bits per heavy atom. The fraction of sp³-hybridized carbons (Fsp3) is 0.500. The summed E-state index contributed by atoms with van der Waals surface area (Å²) in [5.41, 5.74) is 1.34. The first-order valence-corrected chi connectivity index (χ1v) is 14.6. The van der Waals surface area contributed by atoms with E-state index in [1.165, 1.54) is 0 Å². The molecule has 0 fully saturated rings. The third kappa shape index (κ3) is 10.1. The Hall–Kier alpha value is -2.95. The van der Waals surface area contributed by atoms with Crippen molar-refractivity contribution in [1.82, 2.24) is 10.0 Å². The molecule has 0 bridgehead atoms. The Bertz CT molecular complexity index is 1180. The lowest BCUT2D eigenvalue weighted by Crippen LogP contribution is -2.39. The number of carbonyl (C=O) groups excluding carboxylic acids is 1. The van der Waals surface area contributed by atoms with E-state index in [1.54, 1.807) is 0 Å². The predicted octanol–water partition coefficient (Wildman–Crippen LogP) is 3.63. The summed E-state index contributed by atoms with van der Waals surface area (Å²) in [5.74, 6) is 0.0470. The minimum absolute atomic E-state index is 0.0392. The van der Waals surface area contributed by atoms with Gasteiger partial charge in [-0.05, 0) is 63.4 Å². The van der Waals surface area contributed by atoms with Gasteiger partial charge in [-0.3, -0.25) is 9.59 Å². The molecular weight excluding hydrogens is 508 g/mol. The van der Waals surface area contributed by atoms with Crippen LogP contribution in [0.4, 0.5) is 0 Å². The van der Waals surface area contributed by atoms with E-state index < -0.39 is 21.6 Å². The smallest absolute Gasteiger partial charge is 0.303 e. The molecule has 1 heterocycles. The molecule has 0 spiro atoms. The summed E-state index contributed by atoms with van der Waals surface area (Å²) in [6, 6.07) is 15.4. The molecule has 1 aliphatic heterocycles. The van der Waals surface area contributed by atoms with Crippen LogP contribution < -0.4 is 19.5 Å². The Kier molecular flexibility index (Phi) is 10.7. The van der Waals surface area contributed by atoms with Gasteiger partial charge in [0.1, 0.15) is 29.5 Å². The molecule has 0 radical (unpaired) electrons. The van der Waals surface area contributed by atoms with Gasteiger partial charge >= 0.3 is 5.97 Å². The van der Waals surface area contributed by atoms with Crippen molar-refractivity contribution >= 4 is 21.8 Å². The topological polar surface area (TPSA) is 131 Å². The van der Waals surface area contributed by atoms with Gasteiger partial charge in [-0.15, -0.1) is 0 Å². The van der Waals surface area contributed by atoms with E-state index in [0.29, 0.717) is 43.9 Å². The van der Waals surface area contributed by atoms with E-state index >= 15 is 0 Å². The molecule has 0 amide bonds. The summed E-state index contributed by atoms with van der Waals surface area (Å²) in [6.07, 6.45) is 1.68. The zero-order chi connectivity index (χ0) is 27.6. The number of carbonyl (C=O) groups is 2. The van der Waals surface area contributed by atoms with E-state index in [-0.39, 0.29) is 43.4 Å². The van der Waals surface area contributed by atoms with Crippen molar-refractivity contribution in [1.29, 1.82) is 0 Å². The molecule has 10 heteroatoms. The SMILES string of the molecule is CC1(C)CC(CS(=O)(=O)NCCCC(=O)CNCCCC(=O)O)c2cc(OCc3ccccc3)ccc2O1. The number of carboxylic acid groups (broad SMARTS) is 1. The van der Waals surface area contributed by atoms with Crippen molar-refractivity contribution in [2.24, 2.45) is 0 Å². The van der Waals surface area contributed by atoms with E-state index in [0.717, 1.165) is 11.1 Å². The number of hydrogen-bond acceptors (Lipinski definition) is 7. The van der Waals surface area contributed by atoms with Gasteiger partial charge < -0.3 is 19.9 Å². The Balaban J connectivity index is 1.51. The second kappa shape index (κ2) is 13.7. The molecule has 2 aromatic carbocycles. The molecule has 3 N–H and O–H groups in total. The number of hydrogen-bond donors (Lipinski definition) is 3. The maximum Gasteiger partial charge on any atom is 0.303 e. The van der Waals surface area contributed by atoms with Crippen LogP contribution in [0.2, 0.25) is 0 Å². The summed E-state index contributed by atoms with van der Waals surface area (Å²) >= 11 is 0. The van der Waals surface area contributed by atoms with Gasteiger partial charge in [0.15, 0.2) is 0 Å². The van der Waals surface area contributed by atoms with Crippen LogP contribution in [0.1, 0.15) is 63.0 Å². The average molecular weight is 547 g/mol. The number of Topliss-reactive ketones (excluding diaryl/α,β-unsaturated/α-hetero) is 1. The first kappa shape index (κ1) is 29.6. The fourth-order valence-electron chi connectivity index (χ4n) is 4.48. The number of sulfonamides is 1. The molecule has 9 nitrogen and oxygen atoms in total. The summed E-state index contributed by atoms with van der Waals surface area (Å²) in [4.78, 5) is 22.5. The van der Waals surface area contributed by atoms with Gasteiger partial charge in [0, 0.05) is 30.9 Å². The molecule has 38 heavy (non-hydrogen) atoms. The van der Waals surface area contributed by atoms with Crippen LogP contribution in [0.25, 0.3) is 0 Å². The van der Waals surface area contributed by atoms with Crippen LogP contribution in [-0.4, -0.2) is 56.3 Å². The average Bonchev–Trinajstić information content (AvgIpc) is 2.85. The summed E-state index contributed by atoms with van der Waals surface area (Å²) < 4.78 is 40.6. The lowest BCUT2D eigenvalue weighted by Gasteiger charge is -2.37. The van der Waals surface area contributed by atoms with Crippen molar-refractivity contribution in [3.63, 3.8) is 0 Å². The van der Waals surface area contributed by atoms with Gasteiger partial charge in [-0.25, -0.2) is 13.1 Å². The number of carboxylic acids is 1. The van der Waals surface area contributed by atoms with Crippen LogP contribution in [0, 0.1) is 0 Å². The lowest BCUT2D eigenvalue weighted by molar-refractivity contribution is -0.137. The second-order valence-corrected chi connectivity index (χ2v) is 12.1. The number of fused-ring (bicyclic) bond motifs is 1. The molecule has 3 rings (SSSR count). The summed E-state index contributed by atoms with van der Waals surface area (Å²) in [5, 5.41) is 11.5. The Morgan fingerprint density at radius 1 is 1.08 bits per heavy atom. The highest BCUT2D eigenvalue weighted by Gasteiger charge is 2.36. The summed E-state index contributed by atoms with van der Waals surface area (Å²) in [7, 11) is -3.60. The molecule has 2 aromatic rings. The van der Waals surface area contributed by atoms with E-state index in [4.69, 9.17) is 14.6 Å². The molecule has 1 aliphatic rings. The molecule has 0 aliphatic carbocycles. The lowest BCUT2D eigenvalue weighted by atomic mass is 9.85. The number of ketones is 1. The Morgan fingerprint density at radius 3 is 2.55 bits per heavy atom. The van der Waals surface area contributed by atoms with Gasteiger partial charge in [0.2, 0.25) is 10.0 Å². The van der Waals surface area contributed by atoms with Gasteiger partial charge in [0.05, 0.1) is 12.3 Å². The molecule has 208 valence electrons. The molecule has 1 unspecified atom stereocenters. The first-order valence-electron chi connectivity index (χ1n) is 12.9. The predicted molar refractivity (Wildman–Crippen MR) is 145 cm³/mol. The molecule has 0 aromatic heterocycles. The maximum absolute atomic E-state index is 12.9. The fourth-order valence-corrected chi connectivity index (χ4v) is 5.88. The number of aliphatic carboxylic acids is 1. The van der Waals surface area contributed by atoms with Crippen LogP contribution in [0.5, 0.6) is 11.5 Å². The van der Waals surface area contributed by atoms with Crippen molar-refractivity contribution < 1.29 is 32.6 Å². The largest absolute Gasteiger partial charge is 0.489 e. The molecular formula is C28H38N2O7S. The van der Waals surface area contributed by atoms with Crippen molar-refractivity contribution in [3.8, 4) is 11.5 Å². The minimum Gasteiger partial charge on any atom is -0.489 e. The second-order valence-electron chi connectivity index (χ2n) is 10.2. The zero-order valence-electron chi connectivity index (χ0n) is 22.1. The standard InChI is InChI=1S/C28H38N2O7S/c1-28(2)17-22(20-38(34,35)30-15-6-10-23(31)18-29-14-7-11-27(32)33)25-16-24(12-13-26(25)37-28)36-19-21-8-4-3-5-9-21/h3-5,8-9,12-13,16,22,29-30H,6-7,10-11,14-15,17-20H2,1-2H3,(H,32,33). The highest BCUT2D eigenvalue weighted by atomic mass is 32.2. The number of rotatable bonds is 16. The Labute approximate surface area is 225 Å². The number of ether oxygens (including phenoxy) is 2. The molecule has 0 saturated heterocycles. The van der Waals surface area contributed by atoms with E-state index in [1.807, 2.05) is 62.4 Å². The van der Waals surface area contributed by atoms with E-state index in [9.17, 15) is 18.0 Å². The van der Waals surface area contributed by atoms with Crippen LogP contribution >= 0.6 is 0 Å². The summed E-state index contributed by atoms with van der Waals surface area (Å²) in [6.45, 7) is 5.08. The van der Waals surface area contributed by atoms with Crippen LogP contribution in [0.15, 0.2) is 48.5 Å². The maximum atomic E-state index is 12.9. The third-order valence-electron chi connectivity index (χ3n) is 6.23. The number of nitrogens with one attached hydrogen (secondary N) is 2. The van der Waals surface area contributed by atoms with Crippen LogP contribution in [-0.2, 0) is 26.2 Å². The molecule has 0 saturated carbocycles. The van der Waals surface area contributed by atoms with Crippen molar-refractivity contribution in [2.45, 2.75) is 64.1 Å².